The molecule has 0 amide bonds. The smallest absolute Gasteiger partial charge is 0.180 e. The fraction of sp³-hybridized carbons (Fsp3) is 0.0667. The van der Waals surface area contributed by atoms with Gasteiger partial charge in [-0.1, -0.05) is 42.1 Å². The van der Waals surface area contributed by atoms with Crippen LogP contribution in [0.4, 0.5) is 8.78 Å². The lowest BCUT2D eigenvalue weighted by Gasteiger charge is -2.00. The minimum absolute atomic E-state index is 0.123. The average molecular weight is 384 g/mol. The second-order valence-corrected chi connectivity index (χ2v) is 6.01. The van der Waals surface area contributed by atoms with Crippen molar-refractivity contribution in [3.05, 3.63) is 69.7 Å². The van der Waals surface area contributed by atoms with E-state index in [0.29, 0.717) is 5.75 Å². The van der Waals surface area contributed by atoms with E-state index >= 15 is 0 Å². The number of nitrogens with zero attached hydrogens (tertiary/aromatic N) is 2. The van der Waals surface area contributed by atoms with Crippen LogP contribution in [0.1, 0.15) is 11.1 Å². The molecule has 7 heteroatoms. The summed E-state index contributed by atoms with van der Waals surface area (Å²) >= 11 is 4.15. The number of hydrogen-bond donors (Lipinski definition) is 1. The molecule has 0 spiro atoms. The zero-order valence-corrected chi connectivity index (χ0v) is 13.7. The third kappa shape index (κ3) is 4.64. The fourth-order valence-electron chi connectivity index (χ4n) is 1.55. The highest BCUT2D eigenvalue weighted by molar-refractivity contribution is 9.10. The summed E-state index contributed by atoms with van der Waals surface area (Å²) in [5, 5.41) is 7.76. The van der Waals surface area contributed by atoms with Gasteiger partial charge in [-0.3, -0.25) is 0 Å². The van der Waals surface area contributed by atoms with Crippen molar-refractivity contribution in [2.24, 2.45) is 15.9 Å². The molecule has 22 heavy (non-hydrogen) atoms. The van der Waals surface area contributed by atoms with Crippen molar-refractivity contribution < 1.29 is 8.78 Å². The highest BCUT2D eigenvalue weighted by Crippen LogP contribution is 2.21. The van der Waals surface area contributed by atoms with E-state index in [1.807, 2.05) is 30.3 Å². The van der Waals surface area contributed by atoms with Crippen LogP contribution in [0.3, 0.4) is 0 Å². The van der Waals surface area contributed by atoms with E-state index in [0.717, 1.165) is 11.6 Å². The van der Waals surface area contributed by atoms with Gasteiger partial charge in [-0.2, -0.15) is 5.10 Å². The Balaban J connectivity index is 1.97. The van der Waals surface area contributed by atoms with Crippen LogP contribution in [0.25, 0.3) is 0 Å². The Bertz CT molecular complexity index is 705. The van der Waals surface area contributed by atoms with Gasteiger partial charge in [0, 0.05) is 11.3 Å². The molecular formula is C15H12BrF2N3S. The molecule has 0 aromatic heterocycles. The molecule has 2 aromatic rings. The number of hydrogen-bond acceptors (Lipinski definition) is 3. The molecule has 0 aliphatic carbocycles. The van der Waals surface area contributed by atoms with Crippen LogP contribution in [0.15, 0.2) is 57.1 Å². The summed E-state index contributed by atoms with van der Waals surface area (Å²) in [6.07, 6.45) is 1.19. The standard InChI is InChI=1S/C15H12BrF2N3S/c16-13-12(17)7-6-11(14(13)18)8-20-21-15(19)22-9-10-4-2-1-3-5-10/h1-8H,9H2,(H2,19,21). The average Bonchev–Trinajstić information content (AvgIpc) is 2.54. The van der Waals surface area contributed by atoms with Crippen LogP contribution in [-0.2, 0) is 5.75 Å². The second kappa shape index (κ2) is 8.05. The number of nitrogens with two attached hydrogens (primary N) is 1. The molecule has 0 unspecified atom stereocenters. The highest BCUT2D eigenvalue weighted by Gasteiger charge is 2.09. The molecule has 0 heterocycles. The Morgan fingerprint density at radius 3 is 2.64 bits per heavy atom. The van der Waals surface area contributed by atoms with Gasteiger partial charge in [-0.05, 0) is 33.6 Å². The number of amidine groups is 1. The molecule has 0 saturated heterocycles. The molecule has 0 saturated carbocycles. The fourth-order valence-corrected chi connectivity index (χ4v) is 2.52. The normalized spacial score (nSPS) is 12.0. The van der Waals surface area contributed by atoms with Crippen molar-refractivity contribution in [3.8, 4) is 0 Å². The van der Waals surface area contributed by atoms with Gasteiger partial charge < -0.3 is 5.73 Å². The zero-order valence-electron chi connectivity index (χ0n) is 11.3. The highest BCUT2D eigenvalue weighted by atomic mass is 79.9. The van der Waals surface area contributed by atoms with Gasteiger partial charge in [0.1, 0.15) is 11.6 Å². The summed E-state index contributed by atoms with van der Waals surface area (Å²) in [6.45, 7) is 0. The molecule has 2 N–H and O–H groups in total. The summed E-state index contributed by atoms with van der Waals surface area (Å²) in [5.41, 5.74) is 6.95. The summed E-state index contributed by atoms with van der Waals surface area (Å²) in [4.78, 5) is 0. The van der Waals surface area contributed by atoms with Gasteiger partial charge >= 0.3 is 0 Å². The Morgan fingerprint density at radius 2 is 1.91 bits per heavy atom. The monoisotopic (exact) mass is 383 g/mol. The molecule has 114 valence electrons. The second-order valence-electron chi connectivity index (χ2n) is 4.22. The lowest BCUT2D eigenvalue weighted by atomic mass is 10.2. The van der Waals surface area contributed by atoms with Gasteiger partial charge in [0.05, 0.1) is 10.7 Å². The van der Waals surface area contributed by atoms with E-state index in [-0.39, 0.29) is 15.2 Å². The molecule has 3 nitrogen and oxygen atoms in total. The molecule has 2 aromatic carbocycles. The summed E-state index contributed by atoms with van der Waals surface area (Å²) < 4.78 is 26.6. The maximum atomic E-state index is 13.7. The SMILES string of the molecule is NC(=NN=Cc1ccc(F)c(Br)c1F)SCc1ccccc1. The lowest BCUT2D eigenvalue weighted by molar-refractivity contribution is 0.570. The molecule has 0 aliphatic rings. The maximum Gasteiger partial charge on any atom is 0.180 e. The van der Waals surface area contributed by atoms with Gasteiger partial charge in [-0.25, -0.2) is 8.78 Å². The first-order valence-corrected chi connectivity index (χ1v) is 8.02. The summed E-state index contributed by atoms with van der Waals surface area (Å²) in [5.74, 6) is -0.729. The van der Waals surface area contributed by atoms with Crippen molar-refractivity contribution in [1.29, 1.82) is 0 Å². The first kappa shape index (κ1) is 16.6. The minimum atomic E-state index is -0.727. The Kier molecular flexibility index (Phi) is 6.09. The maximum absolute atomic E-state index is 13.7. The number of halogens is 3. The molecular weight excluding hydrogens is 372 g/mol. The number of rotatable bonds is 4. The molecule has 0 aliphatic heterocycles. The molecule has 0 radical (unpaired) electrons. The number of thioether (sulfide) groups is 1. The Morgan fingerprint density at radius 1 is 1.18 bits per heavy atom. The van der Waals surface area contributed by atoms with Crippen LogP contribution in [0.2, 0.25) is 0 Å². The lowest BCUT2D eigenvalue weighted by Crippen LogP contribution is -2.06. The van der Waals surface area contributed by atoms with E-state index in [2.05, 4.69) is 26.1 Å². The predicted molar refractivity (Wildman–Crippen MR) is 91.0 cm³/mol. The van der Waals surface area contributed by atoms with Crippen LogP contribution < -0.4 is 5.73 Å². The Labute approximate surface area is 139 Å². The van der Waals surface area contributed by atoms with Crippen molar-refractivity contribution in [1.82, 2.24) is 0 Å². The van der Waals surface area contributed by atoms with Crippen LogP contribution in [0.5, 0.6) is 0 Å². The first-order chi connectivity index (χ1) is 10.6. The van der Waals surface area contributed by atoms with Crippen molar-refractivity contribution >= 4 is 39.1 Å². The van der Waals surface area contributed by atoms with E-state index in [9.17, 15) is 8.78 Å². The molecule has 2 rings (SSSR count). The topological polar surface area (TPSA) is 50.7 Å². The molecule has 0 bridgehead atoms. The Hall–Kier alpha value is -1.73. The van der Waals surface area contributed by atoms with E-state index in [4.69, 9.17) is 5.73 Å². The molecule has 0 fully saturated rings. The van der Waals surface area contributed by atoms with Gasteiger partial charge in [-0.15, -0.1) is 5.10 Å². The van der Waals surface area contributed by atoms with Gasteiger partial charge in [0.2, 0.25) is 0 Å². The largest absolute Gasteiger partial charge is 0.377 e. The van der Waals surface area contributed by atoms with Crippen LogP contribution in [-0.4, -0.2) is 11.4 Å². The van der Waals surface area contributed by atoms with Crippen LogP contribution >= 0.6 is 27.7 Å². The van der Waals surface area contributed by atoms with E-state index in [1.165, 1.54) is 24.0 Å². The zero-order chi connectivity index (χ0) is 15.9. The van der Waals surface area contributed by atoms with Crippen molar-refractivity contribution in [3.63, 3.8) is 0 Å². The van der Waals surface area contributed by atoms with E-state index < -0.39 is 11.6 Å². The van der Waals surface area contributed by atoms with Crippen molar-refractivity contribution in [2.75, 3.05) is 0 Å². The first-order valence-electron chi connectivity index (χ1n) is 6.24. The van der Waals surface area contributed by atoms with E-state index in [1.54, 1.807) is 0 Å². The summed E-state index contributed by atoms with van der Waals surface area (Å²) in [6, 6.07) is 12.2. The minimum Gasteiger partial charge on any atom is -0.377 e. The third-order valence-electron chi connectivity index (χ3n) is 2.65. The molecule has 0 atom stereocenters. The third-order valence-corrected chi connectivity index (χ3v) is 4.23. The summed E-state index contributed by atoms with van der Waals surface area (Å²) in [7, 11) is 0. The van der Waals surface area contributed by atoms with Gasteiger partial charge in [0.25, 0.3) is 0 Å². The predicted octanol–water partition coefficient (Wildman–Crippen LogP) is 4.31. The quantitative estimate of drug-likeness (QED) is 0.370. The number of benzene rings is 2. The van der Waals surface area contributed by atoms with Crippen LogP contribution in [0, 0.1) is 11.6 Å². The van der Waals surface area contributed by atoms with Gasteiger partial charge in [0.15, 0.2) is 5.17 Å². The van der Waals surface area contributed by atoms with Crippen molar-refractivity contribution in [2.45, 2.75) is 5.75 Å².